The van der Waals surface area contributed by atoms with Crippen molar-refractivity contribution in [3.8, 4) is 0 Å². The number of nitrogens with zero attached hydrogens (tertiary/aromatic N) is 2. The highest BCUT2D eigenvalue weighted by Crippen LogP contribution is 2.49. The maximum absolute atomic E-state index is 13.2. The number of rotatable bonds is 4. The molecule has 0 spiro atoms. The van der Waals surface area contributed by atoms with Crippen molar-refractivity contribution in [3.63, 3.8) is 0 Å². The number of carbonyl (C=O) groups is 1. The van der Waals surface area contributed by atoms with Gasteiger partial charge in [0.25, 0.3) is 0 Å². The Bertz CT molecular complexity index is 1090. The molecule has 0 atom stereocenters. The van der Waals surface area contributed by atoms with E-state index in [-0.39, 0.29) is 16.6 Å². The lowest BCUT2D eigenvalue weighted by Crippen LogP contribution is -2.19. The molecule has 2 aliphatic rings. The van der Waals surface area contributed by atoms with Crippen LogP contribution in [0, 0.1) is 0 Å². The van der Waals surface area contributed by atoms with E-state index >= 15 is 0 Å². The molecule has 2 heterocycles. The third-order valence-corrected chi connectivity index (χ3v) is 8.55. The van der Waals surface area contributed by atoms with Crippen LogP contribution in [0.1, 0.15) is 66.5 Å². The van der Waals surface area contributed by atoms with Gasteiger partial charge in [-0.25, -0.2) is 0 Å². The Labute approximate surface area is 213 Å². The molecule has 2 aliphatic heterocycles. The second-order valence-electron chi connectivity index (χ2n) is 10.9. The molecule has 0 amide bonds. The fourth-order valence-electron chi connectivity index (χ4n) is 4.30. The summed E-state index contributed by atoms with van der Waals surface area (Å²) in [6.07, 6.45) is 3.60. The molecular formula is C29H36N2OS2. The highest BCUT2D eigenvalue weighted by Gasteiger charge is 2.29. The quantitative estimate of drug-likeness (QED) is 0.401. The molecule has 0 bridgehead atoms. The Hall–Kier alpha value is -2.11. The maximum Gasteiger partial charge on any atom is 0.183 e. The zero-order chi connectivity index (χ0) is 24.8. The van der Waals surface area contributed by atoms with Gasteiger partial charge in [-0.15, -0.1) is 0 Å². The number of anilines is 2. The van der Waals surface area contributed by atoms with Crippen LogP contribution in [0.5, 0.6) is 0 Å². The minimum atomic E-state index is 0.0367. The van der Waals surface area contributed by atoms with E-state index in [1.807, 2.05) is 0 Å². The van der Waals surface area contributed by atoms with E-state index < -0.39 is 0 Å². The SMILES string of the molecule is CCN1C(=CC(=O)C=C2Sc3cc(C(C)(C)C)ccc3N2CC)Sc2cc(C(C)(C)C)ccc21. The Balaban J connectivity index is 1.60. The summed E-state index contributed by atoms with van der Waals surface area (Å²) in [4.78, 5) is 20.1. The van der Waals surface area contributed by atoms with Crippen LogP contribution < -0.4 is 9.80 Å². The number of thioether (sulfide) groups is 2. The Kier molecular flexibility index (Phi) is 6.73. The largest absolute Gasteiger partial charge is 0.335 e. The normalized spacial score (nSPS) is 18.1. The van der Waals surface area contributed by atoms with Crippen LogP contribution in [0.4, 0.5) is 11.4 Å². The van der Waals surface area contributed by atoms with Crippen molar-refractivity contribution in [1.29, 1.82) is 0 Å². The zero-order valence-electron chi connectivity index (χ0n) is 21.7. The predicted molar refractivity (Wildman–Crippen MR) is 149 cm³/mol. The molecule has 0 aromatic heterocycles. The summed E-state index contributed by atoms with van der Waals surface area (Å²) in [5, 5.41) is 2.01. The van der Waals surface area contributed by atoms with Crippen molar-refractivity contribution in [2.24, 2.45) is 0 Å². The van der Waals surface area contributed by atoms with E-state index in [4.69, 9.17) is 0 Å². The van der Waals surface area contributed by atoms with E-state index in [1.165, 1.54) is 32.3 Å². The van der Waals surface area contributed by atoms with Gasteiger partial charge in [-0.3, -0.25) is 4.79 Å². The predicted octanol–water partition coefficient (Wildman–Crippen LogP) is 8.10. The van der Waals surface area contributed by atoms with Gasteiger partial charge in [-0.1, -0.05) is 77.2 Å². The lowest BCUT2D eigenvalue weighted by Gasteiger charge is -2.21. The van der Waals surface area contributed by atoms with E-state index in [1.54, 1.807) is 35.7 Å². The molecular weight excluding hydrogens is 456 g/mol. The van der Waals surface area contributed by atoms with Crippen molar-refractivity contribution in [3.05, 3.63) is 69.7 Å². The summed E-state index contributed by atoms with van der Waals surface area (Å²) in [7, 11) is 0. The van der Waals surface area contributed by atoms with Gasteiger partial charge in [-0.2, -0.15) is 0 Å². The molecule has 0 saturated heterocycles. The Morgan fingerprint density at radius 2 is 1.12 bits per heavy atom. The van der Waals surface area contributed by atoms with Gasteiger partial charge < -0.3 is 9.80 Å². The van der Waals surface area contributed by atoms with Gasteiger partial charge in [0.05, 0.1) is 21.4 Å². The van der Waals surface area contributed by atoms with Crippen molar-refractivity contribution in [2.75, 3.05) is 22.9 Å². The van der Waals surface area contributed by atoms with Crippen LogP contribution in [0.2, 0.25) is 0 Å². The lowest BCUT2D eigenvalue weighted by molar-refractivity contribution is -0.110. The maximum atomic E-state index is 13.2. The average molecular weight is 493 g/mol. The van der Waals surface area contributed by atoms with Gasteiger partial charge in [0.1, 0.15) is 0 Å². The summed E-state index contributed by atoms with van der Waals surface area (Å²) in [6, 6.07) is 13.4. The summed E-state index contributed by atoms with van der Waals surface area (Å²) in [5.74, 6) is 0.0367. The molecule has 0 fully saturated rings. The monoisotopic (exact) mass is 492 g/mol. The summed E-state index contributed by atoms with van der Waals surface area (Å²) < 4.78 is 0. The highest BCUT2D eigenvalue weighted by atomic mass is 32.2. The third kappa shape index (κ3) is 4.83. The summed E-state index contributed by atoms with van der Waals surface area (Å²) >= 11 is 3.40. The van der Waals surface area contributed by atoms with Crippen LogP contribution in [0.3, 0.4) is 0 Å². The van der Waals surface area contributed by atoms with Crippen LogP contribution in [0.15, 0.2) is 68.4 Å². The van der Waals surface area contributed by atoms with Crippen LogP contribution >= 0.6 is 23.5 Å². The minimum absolute atomic E-state index is 0.0367. The van der Waals surface area contributed by atoms with Gasteiger partial charge in [0, 0.05) is 35.0 Å². The van der Waals surface area contributed by atoms with E-state index in [2.05, 4.69) is 102 Å². The van der Waals surface area contributed by atoms with E-state index in [0.29, 0.717) is 0 Å². The van der Waals surface area contributed by atoms with Gasteiger partial charge in [0.2, 0.25) is 0 Å². The molecule has 34 heavy (non-hydrogen) atoms. The van der Waals surface area contributed by atoms with E-state index in [0.717, 1.165) is 23.1 Å². The first-order chi connectivity index (χ1) is 15.9. The molecule has 0 unspecified atom stereocenters. The second-order valence-corrected chi connectivity index (χ2v) is 13.0. The molecule has 3 nitrogen and oxygen atoms in total. The molecule has 2 aromatic rings. The van der Waals surface area contributed by atoms with Crippen molar-refractivity contribution < 1.29 is 4.79 Å². The first kappa shape index (κ1) is 25.0. The van der Waals surface area contributed by atoms with Crippen molar-refractivity contribution in [1.82, 2.24) is 0 Å². The number of ketones is 1. The molecule has 5 heteroatoms. The Morgan fingerprint density at radius 3 is 1.44 bits per heavy atom. The van der Waals surface area contributed by atoms with E-state index in [9.17, 15) is 4.79 Å². The molecule has 4 rings (SSSR count). The molecule has 2 aromatic carbocycles. The molecule has 0 saturated carbocycles. The standard InChI is InChI=1S/C29H36N2OS2/c1-9-30-22-13-11-19(28(3,4)5)15-24(22)33-26(30)17-21(32)18-27-31(10-2)23-14-12-20(29(6,7)8)16-25(23)34-27/h11-18H,9-10H2,1-8H3. The molecule has 180 valence electrons. The fourth-order valence-corrected chi connectivity index (χ4v) is 6.71. The number of fused-ring (bicyclic) bond motifs is 2. The number of benzene rings is 2. The van der Waals surface area contributed by atoms with Crippen LogP contribution in [-0.4, -0.2) is 18.9 Å². The zero-order valence-corrected chi connectivity index (χ0v) is 23.3. The van der Waals surface area contributed by atoms with Crippen molar-refractivity contribution >= 4 is 40.7 Å². The lowest BCUT2D eigenvalue weighted by atomic mass is 9.87. The fraction of sp³-hybridized carbons (Fsp3) is 0.414. The average Bonchev–Trinajstić information content (AvgIpc) is 3.27. The number of hydrogen-bond donors (Lipinski definition) is 0. The van der Waals surface area contributed by atoms with Gasteiger partial charge >= 0.3 is 0 Å². The number of hydrogen-bond acceptors (Lipinski definition) is 5. The van der Waals surface area contributed by atoms with Gasteiger partial charge in [0.15, 0.2) is 5.78 Å². The molecule has 0 radical (unpaired) electrons. The van der Waals surface area contributed by atoms with Gasteiger partial charge in [-0.05, 0) is 60.1 Å². The van der Waals surface area contributed by atoms with Crippen LogP contribution in [-0.2, 0) is 15.6 Å². The van der Waals surface area contributed by atoms with Crippen LogP contribution in [0.25, 0.3) is 0 Å². The Morgan fingerprint density at radius 1 is 0.735 bits per heavy atom. The summed E-state index contributed by atoms with van der Waals surface area (Å²) in [5.41, 5.74) is 5.23. The highest BCUT2D eigenvalue weighted by molar-refractivity contribution is 8.04. The third-order valence-electron chi connectivity index (χ3n) is 6.36. The molecule has 0 aliphatic carbocycles. The molecule has 0 N–H and O–H groups in total. The van der Waals surface area contributed by atoms with Crippen molar-refractivity contribution in [2.45, 2.75) is 76.0 Å². The number of allylic oxidation sites excluding steroid dienone is 2. The smallest absolute Gasteiger partial charge is 0.183 e. The first-order valence-electron chi connectivity index (χ1n) is 12.1. The summed E-state index contributed by atoms with van der Waals surface area (Å²) in [6.45, 7) is 19.4. The topological polar surface area (TPSA) is 23.6 Å². The second kappa shape index (κ2) is 9.16. The number of carbonyl (C=O) groups excluding carboxylic acids is 1. The first-order valence-corrected chi connectivity index (χ1v) is 13.7. The minimum Gasteiger partial charge on any atom is -0.335 e.